The van der Waals surface area contributed by atoms with Crippen LogP contribution in [0.4, 0.5) is 20.3 Å². The first-order chi connectivity index (χ1) is 19.8. The van der Waals surface area contributed by atoms with E-state index in [1.165, 1.54) is 4.90 Å². The Labute approximate surface area is 237 Å². The van der Waals surface area contributed by atoms with Crippen LogP contribution in [-0.2, 0) is 17.8 Å². The molecule has 0 unspecified atom stereocenters. The highest BCUT2D eigenvalue weighted by atomic mass is 19.1. The quantitative estimate of drug-likeness (QED) is 0.350. The third kappa shape index (κ3) is 5.85. The van der Waals surface area contributed by atoms with Crippen molar-refractivity contribution in [3.05, 3.63) is 59.1 Å². The summed E-state index contributed by atoms with van der Waals surface area (Å²) in [7, 11) is 0. The number of hydrogen-bond acceptors (Lipinski definition) is 9. The number of ether oxygens (including phenoxy) is 1. The molecule has 0 spiro atoms. The van der Waals surface area contributed by atoms with Gasteiger partial charge in [0.1, 0.15) is 29.6 Å². The molecule has 1 aromatic carbocycles. The monoisotopic (exact) mass is 562 g/mol. The van der Waals surface area contributed by atoms with E-state index in [1.54, 1.807) is 18.2 Å². The van der Waals surface area contributed by atoms with Gasteiger partial charge in [0.15, 0.2) is 12.4 Å². The highest BCUT2D eigenvalue weighted by Gasteiger charge is 2.30. The van der Waals surface area contributed by atoms with Crippen LogP contribution in [0, 0.1) is 28.5 Å². The van der Waals surface area contributed by atoms with E-state index in [-0.39, 0.29) is 38.8 Å². The summed E-state index contributed by atoms with van der Waals surface area (Å²) in [5.74, 6) is 0.308. The van der Waals surface area contributed by atoms with Crippen LogP contribution in [0.1, 0.15) is 44.3 Å². The number of nitriles is 1. The van der Waals surface area contributed by atoms with Crippen molar-refractivity contribution < 1.29 is 19.7 Å². The van der Waals surface area contributed by atoms with Crippen molar-refractivity contribution in [3.8, 4) is 22.9 Å². The molecule has 1 amide bonds. The number of carbonyl (C=O) groups is 1. The Kier molecular flexibility index (Phi) is 8.16. The lowest BCUT2D eigenvalue weighted by atomic mass is 9.91. The van der Waals surface area contributed by atoms with Crippen LogP contribution in [0.25, 0.3) is 11.1 Å². The van der Waals surface area contributed by atoms with Gasteiger partial charge in [0.25, 0.3) is 5.91 Å². The number of nitrogens with one attached hydrogen (secondary N) is 3. The van der Waals surface area contributed by atoms with Crippen molar-refractivity contribution in [1.29, 1.82) is 10.7 Å². The maximum Gasteiger partial charge on any atom is 0.265 e. The zero-order valence-electron chi connectivity index (χ0n) is 22.7. The molecule has 41 heavy (non-hydrogen) atoms. The van der Waals surface area contributed by atoms with Gasteiger partial charge in [-0.1, -0.05) is 19.9 Å². The van der Waals surface area contributed by atoms with Crippen LogP contribution in [-0.4, -0.2) is 59.0 Å². The van der Waals surface area contributed by atoms with Gasteiger partial charge in [-0.3, -0.25) is 9.69 Å². The fourth-order valence-corrected chi connectivity index (χ4v) is 5.11. The number of rotatable bonds is 8. The van der Waals surface area contributed by atoms with Crippen LogP contribution in [0.15, 0.2) is 30.6 Å². The summed E-state index contributed by atoms with van der Waals surface area (Å²) < 4.78 is 33.8. The topological polar surface area (TPSA) is 140 Å². The minimum atomic E-state index is -1.14. The highest BCUT2D eigenvalue weighted by Crippen LogP contribution is 2.40. The Morgan fingerprint density at radius 3 is 2.83 bits per heavy atom. The van der Waals surface area contributed by atoms with Crippen molar-refractivity contribution in [3.63, 3.8) is 0 Å². The summed E-state index contributed by atoms with van der Waals surface area (Å²) in [5, 5.41) is 24.8. The van der Waals surface area contributed by atoms with Crippen molar-refractivity contribution in [2.45, 2.75) is 45.4 Å². The number of hydrogen-bond donors (Lipinski definition) is 3. The Bertz CT molecular complexity index is 1510. The smallest absolute Gasteiger partial charge is 0.265 e. The number of nitrogens with zero attached hydrogens (tertiary/aromatic N) is 5. The molecule has 4 heterocycles. The number of alkyl halides is 1. The summed E-state index contributed by atoms with van der Waals surface area (Å²) in [6, 6.07) is 6.95. The van der Waals surface area contributed by atoms with Crippen LogP contribution >= 0.6 is 0 Å². The number of halogens is 2. The molecule has 0 aliphatic carbocycles. The number of pyridine rings is 1. The first-order valence-corrected chi connectivity index (χ1v) is 13.4. The largest absolute Gasteiger partial charge is 0.482 e. The van der Waals surface area contributed by atoms with E-state index in [1.807, 2.05) is 13.8 Å². The molecule has 1 fully saturated rings. The number of benzene rings is 1. The highest BCUT2D eigenvalue weighted by molar-refractivity contribution is 6.00. The van der Waals surface area contributed by atoms with E-state index >= 15 is 0 Å². The lowest BCUT2D eigenvalue weighted by Gasteiger charge is -2.30. The molecule has 3 aromatic rings. The molecule has 1 saturated heterocycles. The van der Waals surface area contributed by atoms with Crippen molar-refractivity contribution in [1.82, 2.24) is 20.3 Å². The third-order valence-corrected chi connectivity index (χ3v) is 7.06. The summed E-state index contributed by atoms with van der Waals surface area (Å²) >= 11 is 0. The van der Waals surface area contributed by atoms with Crippen LogP contribution in [0.3, 0.4) is 0 Å². The number of amides is 1. The van der Waals surface area contributed by atoms with E-state index in [9.17, 15) is 18.8 Å². The number of carbonyl (C=O) groups excluding carboxylic acids is 1. The minimum Gasteiger partial charge on any atom is -0.482 e. The summed E-state index contributed by atoms with van der Waals surface area (Å²) in [4.78, 5) is 26.9. The SMILES string of the molecule is CC(C)Cc1nc(N[C@H]2CCNC[C@@H]2F)c(C=N)c(-c2ccc3c(c2)OCC(=O)N3Cc2ncc(F)cn2)c1C#N.[HH]. The van der Waals surface area contributed by atoms with E-state index in [4.69, 9.17) is 15.1 Å². The summed E-state index contributed by atoms with van der Waals surface area (Å²) in [5.41, 5.74) is 2.79. The molecule has 2 atom stereocenters. The fraction of sp³-hybridized carbons (Fsp3) is 0.379. The molecule has 0 saturated carbocycles. The standard InChI is InChI=1S/C29H30F2N8O2.H2/c1-16(2)7-23-19(9-32)28(20(10-33)29(38-23)37-22-5-6-34-13-21(22)31)17-3-4-24-25(8-17)41-15-27(40)39(24)14-26-35-11-18(30)12-36-26;/h3-4,8,10-12,16,21-22,33-34H,5-7,13-15H2,1-2H3,(H,37,38);1H/t21-,22-;/m0./s1. The van der Waals surface area contributed by atoms with Gasteiger partial charge in [-0.2, -0.15) is 5.26 Å². The number of anilines is 2. The molecule has 0 radical (unpaired) electrons. The van der Waals surface area contributed by atoms with E-state index < -0.39 is 18.0 Å². The summed E-state index contributed by atoms with van der Waals surface area (Å²) in [6.45, 7) is 4.71. The van der Waals surface area contributed by atoms with Crippen LogP contribution in [0.2, 0.25) is 0 Å². The van der Waals surface area contributed by atoms with Crippen molar-refractivity contribution in [2.75, 3.05) is 29.9 Å². The number of aromatic nitrogens is 3. The van der Waals surface area contributed by atoms with E-state index in [2.05, 4.69) is 26.7 Å². The Balaban J connectivity index is 0.00000405. The van der Waals surface area contributed by atoms with Crippen molar-refractivity contribution in [2.24, 2.45) is 5.92 Å². The number of piperidine rings is 1. The zero-order chi connectivity index (χ0) is 29.1. The lowest BCUT2D eigenvalue weighted by Crippen LogP contribution is -2.45. The predicted octanol–water partition coefficient (Wildman–Crippen LogP) is 4.03. The molecular weight excluding hydrogens is 530 g/mol. The van der Waals surface area contributed by atoms with Gasteiger partial charge in [-0.25, -0.2) is 23.7 Å². The maximum absolute atomic E-state index is 14.7. The van der Waals surface area contributed by atoms with Gasteiger partial charge >= 0.3 is 0 Å². The average molecular weight is 563 g/mol. The zero-order valence-corrected chi connectivity index (χ0v) is 22.7. The average Bonchev–Trinajstić information content (AvgIpc) is 2.96. The molecule has 2 aliphatic rings. The van der Waals surface area contributed by atoms with Gasteiger partial charge in [-0.15, -0.1) is 0 Å². The number of fused-ring (bicyclic) bond motifs is 1. The predicted molar refractivity (Wildman–Crippen MR) is 151 cm³/mol. The Morgan fingerprint density at radius 2 is 2.15 bits per heavy atom. The van der Waals surface area contributed by atoms with Gasteiger partial charge in [0.2, 0.25) is 0 Å². The normalized spacial score (nSPS) is 18.4. The first-order valence-electron chi connectivity index (χ1n) is 13.4. The van der Waals surface area contributed by atoms with Gasteiger partial charge in [0.05, 0.1) is 41.9 Å². The minimum absolute atomic E-state index is 0. The summed E-state index contributed by atoms with van der Waals surface area (Å²) in [6.07, 6.45) is 3.12. The van der Waals surface area contributed by atoms with Crippen LogP contribution in [0.5, 0.6) is 5.75 Å². The van der Waals surface area contributed by atoms with E-state index in [0.29, 0.717) is 64.6 Å². The molecule has 3 N–H and O–H groups in total. The van der Waals surface area contributed by atoms with Gasteiger partial charge in [0, 0.05) is 25.3 Å². The molecule has 214 valence electrons. The van der Waals surface area contributed by atoms with Gasteiger partial charge < -0.3 is 20.8 Å². The fourth-order valence-electron chi connectivity index (χ4n) is 5.11. The first kappa shape index (κ1) is 28.0. The third-order valence-electron chi connectivity index (χ3n) is 7.06. The molecule has 2 aromatic heterocycles. The molecule has 10 nitrogen and oxygen atoms in total. The molecule has 5 rings (SSSR count). The molecule has 0 bridgehead atoms. The second-order valence-electron chi connectivity index (χ2n) is 10.5. The molecule has 2 aliphatic heterocycles. The maximum atomic E-state index is 14.7. The molecule has 12 heteroatoms. The second-order valence-corrected chi connectivity index (χ2v) is 10.5. The van der Waals surface area contributed by atoms with Crippen LogP contribution < -0.4 is 20.3 Å². The lowest BCUT2D eigenvalue weighted by molar-refractivity contribution is -0.121. The Morgan fingerprint density at radius 1 is 1.37 bits per heavy atom. The Hall–Kier alpha value is -4.50. The second kappa shape index (κ2) is 11.9. The van der Waals surface area contributed by atoms with Gasteiger partial charge in [-0.05, 0) is 43.0 Å². The van der Waals surface area contributed by atoms with E-state index in [0.717, 1.165) is 18.6 Å². The van der Waals surface area contributed by atoms with Crippen molar-refractivity contribution >= 4 is 23.6 Å². The molecular formula is C29H32F2N8O2.